The molecule has 1 aromatic heterocycles. The lowest BCUT2D eigenvalue weighted by atomic mass is 10.1. The molecule has 0 aliphatic rings. The molecule has 2 rings (SSSR count). The molecular formula is C13H12O4S. The smallest absolute Gasteiger partial charge is 0.336 e. The molecule has 94 valence electrons. The summed E-state index contributed by atoms with van der Waals surface area (Å²) < 4.78 is 27.5. The van der Waals surface area contributed by atoms with E-state index < -0.39 is 15.5 Å². The molecule has 0 saturated heterocycles. The second-order valence-corrected chi connectivity index (χ2v) is 6.09. The number of sulfone groups is 1. The van der Waals surface area contributed by atoms with Crippen molar-refractivity contribution in [1.29, 1.82) is 0 Å². The van der Waals surface area contributed by atoms with Crippen molar-refractivity contribution in [3.05, 3.63) is 52.6 Å². The molecule has 2 aromatic rings. The fraction of sp³-hybridized carbons (Fsp3) is 0.154. The van der Waals surface area contributed by atoms with Gasteiger partial charge in [-0.3, -0.25) is 0 Å². The molecule has 1 aromatic carbocycles. The van der Waals surface area contributed by atoms with Crippen LogP contribution in [0.2, 0.25) is 0 Å². The van der Waals surface area contributed by atoms with Crippen molar-refractivity contribution in [1.82, 2.24) is 0 Å². The van der Waals surface area contributed by atoms with Gasteiger partial charge in [0.25, 0.3) is 0 Å². The summed E-state index contributed by atoms with van der Waals surface area (Å²) in [5, 5.41) is 0. The van der Waals surface area contributed by atoms with Gasteiger partial charge in [-0.25, -0.2) is 13.2 Å². The van der Waals surface area contributed by atoms with Crippen molar-refractivity contribution in [3.63, 3.8) is 0 Å². The first-order valence-electron chi connectivity index (χ1n) is 5.28. The molecule has 18 heavy (non-hydrogen) atoms. The van der Waals surface area contributed by atoms with E-state index in [1.165, 1.54) is 18.2 Å². The van der Waals surface area contributed by atoms with E-state index in [0.29, 0.717) is 11.3 Å². The maximum Gasteiger partial charge on any atom is 0.336 e. The SMILES string of the molecule is Cc1cc(-c2ccc(S(C)(=O)=O)cc2)cc(=O)o1. The van der Waals surface area contributed by atoms with Crippen LogP contribution in [0.3, 0.4) is 0 Å². The van der Waals surface area contributed by atoms with Crippen LogP contribution in [0.15, 0.2) is 50.5 Å². The molecule has 0 aliphatic heterocycles. The number of hydrogen-bond donors (Lipinski definition) is 0. The largest absolute Gasteiger partial charge is 0.428 e. The lowest BCUT2D eigenvalue weighted by Gasteiger charge is -2.03. The van der Waals surface area contributed by atoms with Crippen LogP contribution in [-0.4, -0.2) is 14.7 Å². The van der Waals surface area contributed by atoms with Gasteiger partial charge in [0.05, 0.1) is 4.90 Å². The Bertz CT molecular complexity index is 724. The van der Waals surface area contributed by atoms with Gasteiger partial charge in [0.15, 0.2) is 9.84 Å². The van der Waals surface area contributed by atoms with E-state index in [1.807, 2.05) is 0 Å². The third-order valence-corrected chi connectivity index (χ3v) is 3.64. The van der Waals surface area contributed by atoms with E-state index in [1.54, 1.807) is 25.1 Å². The second-order valence-electron chi connectivity index (χ2n) is 4.07. The van der Waals surface area contributed by atoms with Gasteiger partial charge in [-0.1, -0.05) is 12.1 Å². The summed E-state index contributed by atoms with van der Waals surface area (Å²) in [5.74, 6) is 0.518. The summed E-state index contributed by atoms with van der Waals surface area (Å²) in [4.78, 5) is 11.5. The summed E-state index contributed by atoms with van der Waals surface area (Å²) in [5.41, 5.74) is 1.07. The van der Waals surface area contributed by atoms with Crippen LogP contribution in [0.5, 0.6) is 0 Å². The Morgan fingerprint density at radius 3 is 2.11 bits per heavy atom. The van der Waals surface area contributed by atoms with Gasteiger partial charge in [0.1, 0.15) is 5.76 Å². The molecule has 0 bridgehead atoms. The van der Waals surface area contributed by atoms with Gasteiger partial charge in [0.2, 0.25) is 0 Å². The highest BCUT2D eigenvalue weighted by Gasteiger charge is 2.07. The topological polar surface area (TPSA) is 64.3 Å². The lowest BCUT2D eigenvalue weighted by molar-refractivity contribution is 0.481. The Kier molecular flexibility index (Phi) is 3.09. The Hall–Kier alpha value is -1.88. The van der Waals surface area contributed by atoms with Crippen molar-refractivity contribution >= 4 is 9.84 Å². The summed E-state index contributed by atoms with van der Waals surface area (Å²) in [6.07, 6.45) is 1.16. The van der Waals surface area contributed by atoms with Crippen LogP contribution >= 0.6 is 0 Å². The van der Waals surface area contributed by atoms with Crippen LogP contribution in [-0.2, 0) is 9.84 Å². The second kappa shape index (κ2) is 4.42. The Morgan fingerprint density at radius 1 is 1.00 bits per heavy atom. The zero-order valence-electron chi connectivity index (χ0n) is 10.0. The molecule has 0 spiro atoms. The first-order chi connectivity index (χ1) is 8.36. The van der Waals surface area contributed by atoms with E-state index in [4.69, 9.17) is 4.42 Å². The average Bonchev–Trinajstić information content (AvgIpc) is 2.27. The minimum Gasteiger partial charge on any atom is -0.428 e. The molecule has 0 radical (unpaired) electrons. The normalized spacial score (nSPS) is 11.4. The predicted molar refractivity (Wildman–Crippen MR) is 68.3 cm³/mol. The van der Waals surface area contributed by atoms with Gasteiger partial charge in [0, 0.05) is 12.3 Å². The molecule has 0 amide bonds. The summed E-state index contributed by atoms with van der Waals surface area (Å²) in [7, 11) is -3.20. The monoisotopic (exact) mass is 264 g/mol. The van der Waals surface area contributed by atoms with Crippen LogP contribution in [0.4, 0.5) is 0 Å². The van der Waals surface area contributed by atoms with Gasteiger partial charge < -0.3 is 4.42 Å². The van der Waals surface area contributed by atoms with E-state index in [2.05, 4.69) is 0 Å². The van der Waals surface area contributed by atoms with E-state index in [-0.39, 0.29) is 4.90 Å². The van der Waals surface area contributed by atoms with Gasteiger partial charge in [-0.2, -0.15) is 0 Å². The van der Waals surface area contributed by atoms with Crippen LogP contribution in [0.1, 0.15) is 5.76 Å². The van der Waals surface area contributed by atoms with Crippen LogP contribution < -0.4 is 5.63 Å². The Morgan fingerprint density at radius 2 is 1.61 bits per heavy atom. The highest BCUT2D eigenvalue weighted by atomic mass is 32.2. The van der Waals surface area contributed by atoms with E-state index >= 15 is 0 Å². The van der Waals surface area contributed by atoms with Gasteiger partial charge in [-0.15, -0.1) is 0 Å². The van der Waals surface area contributed by atoms with Crippen molar-refractivity contribution < 1.29 is 12.8 Å². The van der Waals surface area contributed by atoms with Crippen molar-refractivity contribution in [2.45, 2.75) is 11.8 Å². The highest BCUT2D eigenvalue weighted by molar-refractivity contribution is 7.90. The van der Waals surface area contributed by atoms with Gasteiger partial charge >= 0.3 is 5.63 Å². The Balaban J connectivity index is 2.50. The molecule has 5 heteroatoms. The number of aryl methyl sites for hydroxylation is 1. The Labute approximate surface area is 105 Å². The van der Waals surface area contributed by atoms with Crippen LogP contribution in [0, 0.1) is 6.92 Å². The third kappa shape index (κ3) is 2.68. The fourth-order valence-corrected chi connectivity index (χ4v) is 2.30. The van der Waals surface area contributed by atoms with Crippen LogP contribution in [0.25, 0.3) is 11.1 Å². The molecule has 0 unspecified atom stereocenters. The molecule has 0 atom stereocenters. The molecule has 0 fully saturated rings. The maximum absolute atomic E-state index is 11.3. The zero-order chi connectivity index (χ0) is 13.3. The number of benzene rings is 1. The zero-order valence-corrected chi connectivity index (χ0v) is 10.8. The lowest BCUT2D eigenvalue weighted by Crippen LogP contribution is -1.99. The third-order valence-electron chi connectivity index (χ3n) is 2.51. The van der Waals surface area contributed by atoms with Gasteiger partial charge in [-0.05, 0) is 36.2 Å². The van der Waals surface area contributed by atoms with Crippen molar-refractivity contribution in [2.24, 2.45) is 0 Å². The quantitative estimate of drug-likeness (QED) is 0.832. The summed E-state index contributed by atoms with van der Waals surface area (Å²) in [6, 6.07) is 9.50. The molecule has 0 aliphatic carbocycles. The van der Waals surface area contributed by atoms with Crippen molar-refractivity contribution in [2.75, 3.05) is 6.26 Å². The van der Waals surface area contributed by atoms with E-state index in [0.717, 1.165) is 11.8 Å². The highest BCUT2D eigenvalue weighted by Crippen LogP contribution is 2.20. The molecule has 0 saturated carbocycles. The molecule has 4 nitrogen and oxygen atoms in total. The number of rotatable bonds is 2. The standard InChI is InChI=1S/C13H12O4S/c1-9-7-11(8-13(14)17-9)10-3-5-12(6-4-10)18(2,15)16/h3-8H,1-2H3. The van der Waals surface area contributed by atoms with E-state index in [9.17, 15) is 13.2 Å². The minimum absolute atomic E-state index is 0.255. The van der Waals surface area contributed by atoms with Crippen molar-refractivity contribution in [3.8, 4) is 11.1 Å². The first kappa shape index (κ1) is 12.6. The molecular weight excluding hydrogens is 252 g/mol. The summed E-state index contributed by atoms with van der Waals surface area (Å²) in [6.45, 7) is 1.69. The molecule has 1 heterocycles. The predicted octanol–water partition coefficient (Wildman–Crippen LogP) is 2.02. The fourth-order valence-electron chi connectivity index (χ4n) is 1.67. The molecule has 0 N–H and O–H groups in total. The first-order valence-corrected chi connectivity index (χ1v) is 7.18. The average molecular weight is 264 g/mol. The summed E-state index contributed by atoms with van der Waals surface area (Å²) >= 11 is 0. The minimum atomic E-state index is -3.20. The maximum atomic E-state index is 11.3. The number of hydrogen-bond acceptors (Lipinski definition) is 4.